The van der Waals surface area contributed by atoms with Gasteiger partial charge in [0.1, 0.15) is 0 Å². The van der Waals surface area contributed by atoms with Gasteiger partial charge in [-0.25, -0.2) is 4.79 Å². The molecule has 2 aromatic carbocycles. The molecule has 126 valence electrons. The van der Waals surface area contributed by atoms with Gasteiger partial charge >= 0.3 is 17.9 Å². The summed E-state index contributed by atoms with van der Waals surface area (Å²) in [6.45, 7) is 1.62. The van der Waals surface area contributed by atoms with Crippen LogP contribution in [0.25, 0.3) is 0 Å². The first-order valence-corrected chi connectivity index (χ1v) is 7.45. The van der Waals surface area contributed by atoms with Crippen molar-refractivity contribution in [2.45, 2.75) is 18.8 Å². The molecular formula is C17H13ClF3NO2. The zero-order valence-electron chi connectivity index (χ0n) is 12.8. The molecule has 24 heavy (non-hydrogen) atoms. The van der Waals surface area contributed by atoms with E-state index in [0.717, 1.165) is 4.90 Å². The number of hydrogen-bond donors (Lipinski definition) is 0. The molecule has 0 amide bonds. The first-order chi connectivity index (χ1) is 11.2. The molecule has 0 bridgehead atoms. The van der Waals surface area contributed by atoms with Gasteiger partial charge in [-0.05, 0) is 42.8 Å². The Morgan fingerprint density at radius 3 is 2.46 bits per heavy atom. The van der Waals surface area contributed by atoms with Gasteiger partial charge in [-0.2, -0.15) is 13.2 Å². The standard InChI is InChI=1S/C17H13ClF3NO2/c1-10-7-11(9-12(18)8-10)16(17(19,20)21)22(2)14-6-4-3-5-13(14)15(23)24-16/h3-9H,1-2H3/t16-/m0/s1. The lowest BCUT2D eigenvalue weighted by Gasteiger charge is -2.46. The molecule has 0 aliphatic carbocycles. The van der Waals surface area contributed by atoms with Gasteiger partial charge in [0.25, 0.3) is 0 Å². The number of aryl methyl sites for hydroxylation is 1. The first kappa shape index (κ1) is 16.6. The Labute approximate surface area is 141 Å². The maximum absolute atomic E-state index is 14.1. The number of ether oxygens (including phenoxy) is 1. The number of cyclic esters (lactones) is 1. The number of hydrogen-bond acceptors (Lipinski definition) is 3. The second kappa shape index (κ2) is 5.41. The highest BCUT2D eigenvalue weighted by molar-refractivity contribution is 6.30. The van der Waals surface area contributed by atoms with Gasteiger partial charge in [0.05, 0.1) is 11.3 Å². The largest absolute Gasteiger partial charge is 0.453 e. The van der Waals surface area contributed by atoms with Crippen molar-refractivity contribution in [1.29, 1.82) is 0 Å². The molecule has 1 aliphatic heterocycles. The fourth-order valence-electron chi connectivity index (χ4n) is 2.96. The number of esters is 1. The van der Waals surface area contributed by atoms with Crippen LogP contribution in [0.1, 0.15) is 21.5 Å². The average molecular weight is 356 g/mol. The normalized spacial score (nSPS) is 20.6. The Morgan fingerprint density at radius 2 is 1.83 bits per heavy atom. The van der Waals surface area contributed by atoms with E-state index >= 15 is 0 Å². The predicted molar refractivity (Wildman–Crippen MR) is 84.2 cm³/mol. The molecule has 1 aliphatic rings. The molecule has 0 fully saturated rings. The number of benzene rings is 2. The molecule has 0 unspecified atom stereocenters. The van der Waals surface area contributed by atoms with Crippen LogP contribution in [0, 0.1) is 6.92 Å². The Balaban J connectivity index is 2.31. The highest BCUT2D eigenvalue weighted by atomic mass is 35.5. The second-order valence-electron chi connectivity index (χ2n) is 5.62. The summed E-state index contributed by atoms with van der Waals surface area (Å²) in [6.07, 6.45) is -4.87. The third-order valence-corrected chi connectivity index (χ3v) is 4.23. The van der Waals surface area contributed by atoms with Crippen molar-refractivity contribution in [2.75, 3.05) is 11.9 Å². The van der Waals surface area contributed by atoms with E-state index in [1.54, 1.807) is 19.1 Å². The maximum Gasteiger partial charge on any atom is 0.453 e. The van der Waals surface area contributed by atoms with Gasteiger partial charge in [0.2, 0.25) is 0 Å². The Hall–Kier alpha value is -2.21. The van der Waals surface area contributed by atoms with E-state index in [-0.39, 0.29) is 21.8 Å². The van der Waals surface area contributed by atoms with Crippen molar-refractivity contribution >= 4 is 23.3 Å². The molecule has 1 heterocycles. The van der Waals surface area contributed by atoms with Gasteiger partial charge < -0.3 is 9.64 Å². The van der Waals surface area contributed by atoms with Crippen molar-refractivity contribution < 1.29 is 22.7 Å². The Morgan fingerprint density at radius 1 is 1.17 bits per heavy atom. The number of fused-ring (bicyclic) bond motifs is 1. The smallest absolute Gasteiger partial charge is 0.421 e. The topological polar surface area (TPSA) is 29.5 Å². The van der Waals surface area contributed by atoms with Crippen LogP contribution in [0.5, 0.6) is 0 Å². The van der Waals surface area contributed by atoms with Crippen LogP contribution in [0.3, 0.4) is 0 Å². The monoisotopic (exact) mass is 355 g/mol. The van der Waals surface area contributed by atoms with E-state index < -0.39 is 17.9 Å². The second-order valence-corrected chi connectivity index (χ2v) is 6.06. The lowest BCUT2D eigenvalue weighted by Crippen LogP contribution is -2.60. The Kier molecular flexibility index (Phi) is 3.75. The SMILES string of the molecule is Cc1cc(Cl)cc([C@@]2(C(F)(F)F)OC(=O)c3ccccc3N2C)c1. The van der Waals surface area contributed by atoms with Gasteiger partial charge in [-0.3, -0.25) is 0 Å². The van der Waals surface area contributed by atoms with Crippen molar-refractivity contribution in [2.24, 2.45) is 0 Å². The lowest BCUT2D eigenvalue weighted by molar-refractivity contribution is -0.265. The van der Waals surface area contributed by atoms with E-state index in [9.17, 15) is 18.0 Å². The number of nitrogens with zero attached hydrogens (tertiary/aromatic N) is 1. The molecule has 0 aromatic heterocycles. The van der Waals surface area contributed by atoms with Gasteiger partial charge in [-0.1, -0.05) is 23.7 Å². The number of carbonyl (C=O) groups is 1. The number of alkyl halides is 3. The van der Waals surface area contributed by atoms with E-state index in [1.165, 1.54) is 37.4 Å². The van der Waals surface area contributed by atoms with Crippen LogP contribution in [0.15, 0.2) is 42.5 Å². The van der Waals surface area contributed by atoms with Crippen molar-refractivity contribution in [3.63, 3.8) is 0 Å². The van der Waals surface area contributed by atoms with Crippen molar-refractivity contribution in [3.8, 4) is 0 Å². The maximum atomic E-state index is 14.1. The molecule has 7 heteroatoms. The Bertz CT molecular complexity index is 801. The van der Waals surface area contributed by atoms with Crippen molar-refractivity contribution in [1.82, 2.24) is 0 Å². The highest BCUT2D eigenvalue weighted by Gasteiger charge is 2.65. The van der Waals surface area contributed by atoms with E-state index in [2.05, 4.69) is 0 Å². The average Bonchev–Trinajstić information content (AvgIpc) is 2.48. The molecular weight excluding hydrogens is 343 g/mol. The fourth-order valence-corrected chi connectivity index (χ4v) is 3.25. The number of carbonyl (C=O) groups excluding carboxylic acids is 1. The number of rotatable bonds is 1. The summed E-state index contributed by atoms with van der Waals surface area (Å²) in [5.74, 6) is -1.03. The summed E-state index contributed by atoms with van der Waals surface area (Å²) < 4.78 is 47.3. The summed E-state index contributed by atoms with van der Waals surface area (Å²) in [7, 11) is 1.25. The molecule has 1 atom stereocenters. The molecule has 3 nitrogen and oxygen atoms in total. The van der Waals surface area contributed by atoms with Crippen LogP contribution in [0.2, 0.25) is 5.02 Å². The zero-order chi connectivity index (χ0) is 17.7. The quantitative estimate of drug-likeness (QED) is 0.696. The van der Waals surface area contributed by atoms with Crippen LogP contribution in [-0.2, 0) is 10.5 Å². The summed E-state index contributed by atoms with van der Waals surface area (Å²) >= 11 is 5.94. The zero-order valence-corrected chi connectivity index (χ0v) is 13.6. The van der Waals surface area contributed by atoms with Crippen LogP contribution in [0.4, 0.5) is 18.9 Å². The minimum absolute atomic E-state index is 0.0821. The van der Waals surface area contributed by atoms with Crippen LogP contribution < -0.4 is 4.90 Å². The first-order valence-electron chi connectivity index (χ1n) is 7.07. The summed E-state index contributed by atoms with van der Waals surface area (Å²) in [6, 6.07) is 10.0. The molecule has 0 saturated carbocycles. The number of para-hydroxylation sites is 1. The van der Waals surface area contributed by atoms with Gasteiger partial charge in [0.15, 0.2) is 0 Å². The minimum atomic E-state index is -4.87. The van der Waals surface area contributed by atoms with Crippen LogP contribution >= 0.6 is 11.6 Å². The van der Waals surface area contributed by atoms with Gasteiger partial charge in [0, 0.05) is 17.6 Å². The summed E-state index contributed by atoms with van der Waals surface area (Å²) in [4.78, 5) is 13.2. The summed E-state index contributed by atoms with van der Waals surface area (Å²) in [5, 5.41) is 0.136. The van der Waals surface area contributed by atoms with E-state index in [1.807, 2.05) is 0 Å². The molecule has 3 rings (SSSR count). The molecule has 0 spiro atoms. The molecule has 0 radical (unpaired) electrons. The van der Waals surface area contributed by atoms with Crippen molar-refractivity contribution in [3.05, 3.63) is 64.2 Å². The van der Waals surface area contributed by atoms with E-state index in [0.29, 0.717) is 5.56 Å². The number of anilines is 1. The molecule has 2 aromatic rings. The minimum Gasteiger partial charge on any atom is -0.421 e. The highest BCUT2D eigenvalue weighted by Crippen LogP contribution is 2.50. The molecule has 0 saturated heterocycles. The summed E-state index contributed by atoms with van der Waals surface area (Å²) in [5.41, 5.74) is -2.43. The van der Waals surface area contributed by atoms with Gasteiger partial charge in [-0.15, -0.1) is 0 Å². The third-order valence-electron chi connectivity index (χ3n) is 4.02. The predicted octanol–water partition coefficient (Wildman–Crippen LogP) is 4.67. The molecule has 0 N–H and O–H groups in total. The lowest BCUT2D eigenvalue weighted by atomic mass is 9.95. The third kappa shape index (κ3) is 2.33. The fraction of sp³-hybridized carbons (Fsp3) is 0.235. The van der Waals surface area contributed by atoms with E-state index in [4.69, 9.17) is 16.3 Å². The van der Waals surface area contributed by atoms with Crippen LogP contribution in [-0.4, -0.2) is 19.2 Å². The number of halogens is 4.